The second-order valence-electron chi connectivity index (χ2n) is 7.80. The average Bonchev–Trinajstić information content (AvgIpc) is 3.34. The van der Waals surface area contributed by atoms with E-state index in [1.807, 2.05) is 30.3 Å². The summed E-state index contributed by atoms with van der Waals surface area (Å²) in [6, 6.07) is 12.6. The Kier molecular flexibility index (Phi) is 6.25. The van der Waals surface area contributed by atoms with Crippen LogP contribution in [0.15, 0.2) is 72.3 Å². The van der Waals surface area contributed by atoms with Crippen LogP contribution in [0.2, 0.25) is 0 Å². The van der Waals surface area contributed by atoms with E-state index in [2.05, 4.69) is 30.9 Å². The van der Waals surface area contributed by atoms with Crippen molar-refractivity contribution in [2.45, 2.75) is 18.8 Å². The molecule has 1 unspecified atom stereocenters. The minimum atomic E-state index is -1.15. The summed E-state index contributed by atoms with van der Waals surface area (Å²) in [6.07, 6.45) is 3.60. The molecule has 0 saturated heterocycles. The second-order valence-corrected chi connectivity index (χ2v) is 8.97. The van der Waals surface area contributed by atoms with E-state index >= 15 is 0 Å². The molecular weight excluding hydrogens is 472 g/mol. The van der Waals surface area contributed by atoms with Crippen LogP contribution in [0.5, 0.6) is 0 Å². The van der Waals surface area contributed by atoms with Crippen LogP contribution in [0.4, 0.5) is 20.3 Å². The van der Waals surface area contributed by atoms with Gasteiger partial charge in [-0.3, -0.25) is 4.99 Å². The molecule has 1 aliphatic rings. The SMILES string of the molecule is Nc1ncnc2ccc(-c3ccc(CN=C4NC=CNC4[C@H](O)Nc4ccc(F)c(F)c4)s3)cc12. The number of hydrogen-bond acceptors (Lipinski definition) is 8. The Hall–Kier alpha value is -4.09. The average molecular weight is 494 g/mol. The molecule has 3 heterocycles. The minimum absolute atomic E-state index is 0.247. The summed E-state index contributed by atoms with van der Waals surface area (Å²) in [7, 11) is 0. The number of nitrogens with one attached hydrogen (secondary N) is 3. The van der Waals surface area contributed by atoms with Crippen LogP contribution in [0.1, 0.15) is 4.88 Å². The van der Waals surface area contributed by atoms with Crippen molar-refractivity contribution in [3.05, 3.63) is 83.8 Å². The maximum Gasteiger partial charge on any atom is 0.160 e. The number of halogens is 2. The number of rotatable bonds is 6. The van der Waals surface area contributed by atoms with Crippen molar-refractivity contribution < 1.29 is 13.9 Å². The van der Waals surface area contributed by atoms with Gasteiger partial charge in [-0.2, -0.15) is 0 Å². The zero-order valence-electron chi connectivity index (χ0n) is 18.2. The lowest BCUT2D eigenvalue weighted by molar-refractivity contribution is 0.183. The first-order chi connectivity index (χ1) is 17.0. The number of hydrogen-bond donors (Lipinski definition) is 5. The summed E-state index contributed by atoms with van der Waals surface area (Å²) in [5, 5.41) is 20.3. The number of aromatic nitrogens is 2. The zero-order valence-corrected chi connectivity index (χ0v) is 19.1. The fraction of sp³-hybridized carbons (Fsp3) is 0.125. The lowest BCUT2D eigenvalue weighted by atomic mass is 10.1. The third-order valence-corrected chi connectivity index (χ3v) is 6.57. The Morgan fingerprint density at radius 2 is 1.97 bits per heavy atom. The van der Waals surface area contributed by atoms with Crippen molar-refractivity contribution in [3.8, 4) is 10.4 Å². The van der Waals surface area contributed by atoms with Gasteiger partial charge in [-0.25, -0.2) is 18.7 Å². The molecule has 2 atom stereocenters. The van der Waals surface area contributed by atoms with Crippen molar-refractivity contribution in [1.29, 1.82) is 0 Å². The summed E-state index contributed by atoms with van der Waals surface area (Å²) in [6.45, 7) is 0.385. The van der Waals surface area contributed by atoms with E-state index < -0.39 is 23.9 Å². The molecule has 2 aromatic carbocycles. The van der Waals surface area contributed by atoms with Crippen LogP contribution in [0.25, 0.3) is 21.3 Å². The third-order valence-electron chi connectivity index (χ3n) is 5.45. The van der Waals surface area contributed by atoms with Crippen LogP contribution < -0.4 is 21.7 Å². The smallest absolute Gasteiger partial charge is 0.160 e. The molecule has 8 nitrogen and oxygen atoms in total. The number of nitrogens with two attached hydrogens (primary N) is 1. The summed E-state index contributed by atoms with van der Waals surface area (Å²) in [5.41, 5.74) is 8.03. The molecule has 35 heavy (non-hydrogen) atoms. The molecule has 2 aromatic heterocycles. The first kappa shape index (κ1) is 22.7. The first-order valence-corrected chi connectivity index (χ1v) is 11.5. The van der Waals surface area contributed by atoms with Crippen molar-refractivity contribution >= 4 is 39.6 Å². The van der Waals surface area contributed by atoms with Gasteiger partial charge in [0.25, 0.3) is 0 Å². The van der Waals surface area contributed by atoms with Crippen molar-refractivity contribution in [1.82, 2.24) is 20.6 Å². The highest BCUT2D eigenvalue weighted by molar-refractivity contribution is 7.15. The Bertz CT molecular complexity index is 1440. The molecule has 0 bridgehead atoms. The Labute approximate surface area is 203 Å². The molecule has 0 fully saturated rings. The molecule has 0 aliphatic carbocycles. The highest BCUT2D eigenvalue weighted by Crippen LogP contribution is 2.31. The molecule has 0 radical (unpaired) electrons. The number of nitrogen functional groups attached to an aromatic ring is 1. The number of benzene rings is 2. The summed E-state index contributed by atoms with van der Waals surface area (Å²) >= 11 is 1.59. The minimum Gasteiger partial charge on any atom is -0.383 e. The lowest BCUT2D eigenvalue weighted by Gasteiger charge is -2.28. The van der Waals surface area contributed by atoms with Gasteiger partial charge in [-0.15, -0.1) is 11.3 Å². The predicted molar refractivity (Wildman–Crippen MR) is 134 cm³/mol. The zero-order chi connectivity index (χ0) is 24.4. The molecule has 4 aromatic rings. The van der Waals surface area contributed by atoms with Gasteiger partial charge in [0.1, 0.15) is 24.0 Å². The van der Waals surface area contributed by atoms with Crippen molar-refractivity contribution in [2.75, 3.05) is 11.1 Å². The molecule has 0 saturated carbocycles. The van der Waals surface area contributed by atoms with Crippen LogP contribution >= 0.6 is 11.3 Å². The van der Waals surface area contributed by atoms with E-state index in [-0.39, 0.29) is 5.69 Å². The van der Waals surface area contributed by atoms with Gasteiger partial charge < -0.3 is 26.8 Å². The first-order valence-electron chi connectivity index (χ1n) is 10.7. The number of anilines is 2. The highest BCUT2D eigenvalue weighted by Gasteiger charge is 2.25. The summed E-state index contributed by atoms with van der Waals surface area (Å²) in [5.74, 6) is -1.02. The van der Waals surface area contributed by atoms with Gasteiger partial charge in [-0.05, 0) is 42.0 Å². The van der Waals surface area contributed by atoms with Gasteiger partial charge >= 0.3 is 0 Å². The fourth-order valence-electron chi connectivity index (χ4n) is 3.68. The van der Waals surface area contributed by atoms with Crippen LogP contribution in [-0.4, -0.2) is 33.2 Å². The largest absolute Gasteiger partial charge is 0.383 e. The van der Waals surface area contributed by atoms with E-state index in [1.165, 1.54) is 12.4 Å². The van der Waals surface area contributed by atoms with Crippen molar-refractivity contribution in [3.63, 3.8) is 0 Å². The van der Waals surface area contributed by atoms with Gasteiger partial charge in [0.2, 0.25) is 0 Å². The number of aliphatic hydroxyl groups excluding tert-OH is 1. The fourth-order valence-corrected chi connectivity index (χ4v) is 4.61. The number of aliphatic hydroxyl groups is 1. The molecule has 11 heteroatoms. The molecular formula is C24H21F2N7OS. The van der Waals surface area contributed by atoms with E-state index in [0.717, 1.165) is 38.4 Å². The van der Waals surface area contributed by atoms with Gasteiger partial charge in [0.15, 0.2) is 17.9 Å². The van der Waals surface area contributed by atoms with Crippen molar-refractivity contribution in [2.24, 2.45) is 4.99 Å². The highest BCUT2D eigenvalue weighted by atomic mass is 32.1. The van der Waals surface area contributed by atoms with Gasteiger partial charge in [0, 0.05) is 39.3 Å². The number of amidine groups is 1. The topological polar surface area (TPSA) is 120 Å². The maximum absolute atomic E-state index is 13.5. The standard InChI is InChI=1S/C24H21F2N7OS/c25-17-4-2-14(10-18(17)26)33-24(34)21-23(29-8-7-28-21)30-11-15-3-6-20(35-15)13-1-5-19-16(9-13)22(27)32-12-31-19/h1-10,12,21,24,28,33-34H,11H2,(H,29,30)(H2,27,31,32)/t21?,24-/m0/s1. The number of nitrogens with zero attached hydrogens (tertiary/aromatic N) is 3. The Balaban J connectivity index is 1.31. The quantitative estimate of drug-likeness (QED) is 0.260. The molecule has 0 amide bonds. The number of thiophene rings is 1. The summed E-state index contributed by atoms with van der Waals surface area (Å²) < 4.78 is 26.7. The Morgan fingerprint density at radius 1 is 1.09 bits per heavy atom. The van der Waals surface area contributed by atoms with E-state index in [1.54, 1.807) is 23.7 Å². The second kappa shape index (κ2) is 9.65. The molecule has 6 N–H and O–H groups in total. The van der Waals surface area contributed by atoms with Crippen LogP contribution in [0, 0.1) is 11.6 Å². The predicted octanol–water partition coefficient (Wildman–Crippen LogP) is 3.58. The van der Waals surface area contributed by atoms with Crippen LogP contribution in [-0.2, 0) is 6.54 Å². The number of aliphatic imine (C=N–C) groups is 1. The molecule has 178 valence electrons. The normalized spacial score (nSPS) is 17.2. The lowest BCUT2D eigenvalue weighted by Crippen LogP contribution is -2.53. The van der Waals surface area contributed by atoms with E-state index in [9.17, 15) is 13.9 Å². The monoisotopic (exact) mass is 493 g/mol. The molecule has 0 spiro atoms. The molecule has 1 aliphatic heterocycles. The third kappa shape index (κ3) is 4.91. The van der Waals surface area contributed by atoms with Gasteiger partial charge in [0.05, 0.1) is 12.1 Å². The van der Waals surface area contributed by atoms with Gasteiger partial charge in [-0.1, -0.05) is 6.07 Å². The molecule has 5 rings (SSSR count). The van der Waals surface area contributed by atoms with Crippen LogP contribution in [0.3, 0.4) is 0 Å². The van der Waals surface area contributed by atoms with E-state index in [0.29, 0.717) is 18.2 Å². The number of fused-ring (bicyclic) bond motifs is 1. The van der Waals surface area contributed by atoms with E-state index in [4.69, 9.17) is 5.73 Å². The summed E-state index contributed by atoms with van der Waals surface area (Å²) in [4.78, 5) is 15.0. The Morgan fingerprint density at radius 3 is 2.83 bits per heavy atom. The maximum atomic E-state index is 13.5.